The molecule has 1 aromatic heterocycles. The third-order valence-electron chi connectivity index (χ3n) is 2.05. The number of nitrogens with one attached hydrogen (secondary N) is 1. The molecule has 17 heavy (non-hydrogen) atoms. The van der Waals surface area contributed by atoms with Crippen molar-refractivity contribution < 1.29 is 4.74 Å². The van der Waals surface area contributed by atoms with Crippen LogP contribution >= 0.6 is 0 Å². The molecule has 0 bridgehead atoms. The summed E-state index contributed by atoms with van der Waals surface area (Å²) in [6.45, 7) is 4.56. The van der Waals surface area contributed by atoms with Crippen LogP contribution < -0.4 is 15.8 Å². The molecule has 0 aliphatic rings. The molecule has 0 amide bonds. The lowest BCUT2D eigenvalue weighted by Crippen LogP contribution is -2.21. The van der Waals surface area contributed by atoms with Crippen molar-refractivity contribution in [2.24, 2.45) is 5.73 Å². The van der Waals surface area contributed by atoms with Gasteiger partial charge in [0.2, 0.25) is 5.88 Å². The molecule has 0 fully saturated rings. The zero-order valence-corrected chi connectivity index (χ0v) is 10.7. The number of ether oxygens (including phenoxy) is 1. The Kier molecular flexibility index (Phi) is 5.65. The van der Waals surface area contributed by atoms with Crippen LogP contribution in [-0.4, -0.2) is 55.2 Å². The fraction of sp³-hybridized carbons (Fsp3) is 0.636. The second-order valence-corrected chi connectivity index (χ2v) is 4.01. The number of likely N-dealkylation sites (N-methyl/N-ethyl adjacent to an activating group) is 1. The van der Waals surface area contributed by atoms with E-state index < -0.39 is 0 Å². The second kappa shape index (κ2) is 7.03. The average Bonchev–Trinajstić information content (AvgIpc) is 2.25. The Morgan fingerprint density at radius 1 is 1.41 bits per heavy atom. The van der Waals surface area contributed by atoms with Crippen molar-refractivity contribution in [2.45, 2.75) is 6.92 Å². The van der Waals surface area contributed by atoms with E-state index in [9.17, 15) is 0 Å². The Balaban J connectivity index is 2.55. The molecule has 96 valence electrons. The van der Waals surface area contributed by atoms with Crippen molar-refractivity contribution >= 4 is 5.82 Å². The molecule has 0 spiro atoms. The lowest BCUT2D eigenvalue weighted by molar-refractivity contribution is 0.314. The first kappa shape index (κ1) is 13.7. The predicted octanol–water partition coefficient (Wildman–Crippen LogP) is 0.0960. The Hall–Kier alpha value is -1.40. The number of aryl methyl sites for hydroxylation is 1. The van der Waals surface area contributed by atoms with Crippen molar-refractivity contribution in [1.82, 2.24) is 14.9 Å². The highest BCUT2D eigenvalue weighted by Gasteiger charge is 2.02. The maximum atomic E-state index is 5.38. The maximum absolute atomic E-state index is 5.38. The van der Waals surface area contributed by atoms with E-state index in [0.717, 1.165) is 18.9 Å². The Morgan fingerprint density at radius 2 is 2.18 bits per heavy atom. The van der Waals surface area contributed by atoms with E-state index in [1.807, 2.05) is 21.0 Å². The number of hydrogen-bond donors (Lipinski definition) is 2. The largest absolute Gasteiger partial charge is 0.476 e. The normalized spacial score (nSPS) is 10.6. The van der Waals surface area contributed by atoms with Crippen LogP contribution in [-0.2, 0) is 0 Å². The summed E-state index contributed by atoms with van der Waals surface area (Å²) >= 11 is 0. The van der Waals surface area contributed by atoms with E-state index >= 15 is 0 Å². The fourth-order valence-electron chi connectivity index (χ4n) is 1.28. The molecular formula is C11H21N5O. The van der Waals surface area contributed by atoms with Gasteiger partial charge in [-0.2, -0.15) is 4.98 Å². The third-order valence-corrected chi connectivity index (χ3v) is 2.05. The molecule has 0 saturated heterocycles. The minimum Gasteiger partial charge on any atom is -0.476 e. The molecule has 0 saturated carbocycles. The highest BCUT2D eigenvalue weighted by atomic mass is 16.5. The Labute approximate surface area is 102 Å². The molecule has 0 aromatic carbocycles. The van der Waals surface area contributed by atoms with Gasteiger partial charge in [0, 0.05) is 25.7 Å². The molecule has 1 rings (SSSR count). The Morgan fingerprint density at radius 3 is 2.82 bits per heavy atom. The van der Waals surface area contributed by atoms with Gasteiger partial charge in [-0.15, -0.1) is 0 Å². The van der Waals surface area contributed by atoms with Crippen molar-refractivity contribution in [2.75, 3.05) is 45.7 Å². The predicted molar refractivity (Wildman–Crippen MR) is 68.4 cm³/mol. The van der Waals surface area contributed by atoms with Crippen LogP contribution in [0.1, 0.15) is 5.82 Å². The number of nitrogens with zero attached hydrogens (tertiary/aromatic N) is 3. The first-order valence-corrected chi connectivity index (χ1v) is 5.69. The zero-order valence-electron chi connectivity index (χ0n) is 10.7. The molecule has 1 aromatic rings. The van der Waals surface area contributed by atoms with E-state index in [4.69, 9.17) is 10.5 Å². The lowest BCUT2D eigenvalue weighted by atomic mass is 10.5. The zero-order chi connectivity index (χ0) is 12.7. The van der Waals surface area contributed by atoms with Crippen LogP contribution in [0, 0.1) is 6.92 Å². The summed E-state index contributed by atoms with van der Waals surface area (Å²) in [6, 6.07) is 1.79. The number of hydrogen-bond acceptors (Lipinski definition) is 6. The molecular weight excluding hydrogens is 218 g/mol. The van der Waals surface area contributed by atoms with E-state index in [1.165, 1.54) is 0 Å². The molecule has 6 nitrogen and oxygen atoms in total. The summed E-state index contributed by atoms with van der Waals surface area (Å²) in [5.74, 6) is 2.04. The summed E-state index contributed by atoms with van der Waals surface area (Å²) < 4.78 is 5.38. The van der Waals surface area contributed by atoms with Crippen LogP contribution in [0.4, 0.5) is 5.82 Å². The van der Waals surface area contributed by atoms with Gasteiger partial charge in [-0.05, 0) is 21.0 Å². The second-order valence-electron chi connectivity index (χ2n) is 4.01. The molecule has 6 heteroatoms. The first-order chi connectivity index (χ1) is 8.11. The van der Waals surface area contributed by atoms with Crippen LogP contribution in [0.3, 0.4) is 0 Å². The monoisotopic (exact) mass is 239 g/mol. The van der Waals surface area contributed by atoms with Crippen LogP contribution in [0.2, 0.25) is 0 Å². The van der Waals surface area contributed by atoms with Crippen LogP contribution in [0.25, 0.3) is 0 Å². The van der Waals surface area contributed by atoms with Crippen molar-refractivity contribution in [3.63, 3.8) is 0 Å². The molecule has 0 atom stereocenters. The van der Waals surface area contributed by atoms with Gasteiger partial charge in [0.15, 0.2) is 0 Å². The topological polar surface area (TPSA) is 76.3 Å². The van der Waals surface area contributed by atoms with Gasteiger partial charge in [-0.25, -0.2) is 4.98 Å². The summed E-state index contributed by atoms with van der Waals surface area (Å²) in [5, 5.41) is 3.23. The molecule has 0 aliphatic carbocycles. The van der Waals surface area contributed by atoms with Gasteiger partial charge >= 0.3 is 0 Å². The third kappa shape index (κ3) is 5.46. The highest BCUT2D eigenvalue weighted by molar-refractivity contribution is 5.38. The van der Waals surface area contributed by atoms with Gasteiger partial charge in [0.1, 0.15) is 18.2 Å². The number of aromatic nitrogens is 2. The molecule has 0 unspecified atom stereocenters. The van der Waals surface area contributed by atoms with E-state index in [0.29, 0.717) is 24.9 Å². The SMILES string of the molecule is Cc1nc(NCCN(C)C)cc(OCCN)n1. The Bertz CT molecular complexity index is 343. The van der Waals surface area contributed by atoms with Crippen molar-refractivity contribution in [3.05, 3.63) is 11.9 Å². The smallest absolute Gasteiger partial charge is 0.218 e. The first-order valence-electron chi connectivity index (χ1n) is 5.69. The highest BCUT2D eigenvalue weighted by Crippen LogP contribution is 2.12. The minimum atomic E-state index is 0.466. The minimum absolute atomic E-state index is 0.466. The maximum Gasteiger partial charge on any atom is 0.218 e. The van der Waals surface area contributed by atoms with E-state index in [-0.39, 0.29) is 0 Å². The van der Waals surface area contributed by atoms with Crippen molar-refractivity contribution in [3.8, 4) is 5.88 Å². The van der Waals surface area contributed by atoms with Crippen LogP contribution in [0.15, 0.2) is 6.07 Å². The summed E-state index contributed by atoms with van der Waals surface area (Å²) in [7, 11) is 4.06. The molecule has 1 heterocycles. The number of nitrogens with two attached hydrogens (primary N) is 1. The fourth-order valence-corrected chi connectivity index (χ4v) is 1.28. The average molecular weight is 239 g/mol. The van der Waals surface area contributed by atoms with E-state index in [2.05, 4.69) is 20.2 Å². The van der Waals surface area contributed by atoms with Gasteiger partial charge in [-0.3, -0.25) is 0 Å². The molecule has 0 aliphatic heterocycles. The summed E-state index contributed by atoms with van der Waals surface area (Å²) in [4.78, 5) is 10.6. The summed E-state index contributed by atoms with van der Waals surface area (Å²) in [6.07, 6.45) is 0. The standard InChI is InChI=1S/C11H21N5O/c1-9-14-10(13-5-6-16(2)3)8-11(15-9)17-7-4-12/h8H,4-7,12H2,1-3H3,(H,13,14,15). The van der Waals surface area contributed by atoms with Gasteiger partial charge in [0.05, 0.1) is 0 Å². The summed E-state index contributed by atoms with van der Waals surface area (Å²) in [5.41, 5.74) is 5.38. The van der Waals surface area contributed by atoms with Crippen molar-refractivity contribution in [1.29, 1.82) is 0 Å². The van der Waals surface area contributed by atoms with E-state index in [1.54, 1.807) is 6.07 Å². The van der Waals surface area contributed by atoms with Crippen LogP contribution in [0.5, 0.6) is 5.88 Å². The number of rotatable bonds is 7. The quantitative estimate of drug-likeness (QED) is 0.702. The lowest BCUT2D eigenvalue weighted by Gasteiger charge is -2.12. The van der Waals surface area contributed by atoms with Gasteiger partial charge in [0.25, 0.3) is 0 Å². The molecule has 3 N–H and O–H groups in total. The molecule has 0 radical (unpaired) electrons. The van der Waals surface area contributed by atoms with Gasteiger partial charge in [-0.1, -0.05) is 0 Å². The number of anilines is 1. The van der Waals surface area contributed by atoms with Gasteiger partial charge < -0.3 is 20.7 Å².